The number of nitrogens with one attached hydrogen (secondary N) is 1. The highest BCUT2D eigenvalue weighted by Crippen LogP contribution is 2.24. The van der Waals surface area contributed by atoms with E-state index in [9.17, 15) is 0 Å². The molecule has 0 unspecified atom stereocenters. The molecule has 0 saturated heterocycles. The molecule has 1 aromatic rings. The van der Waals surface area contributed by atoms with E-state index in [0.29, 0.717) is 0 Å². The highest BCUT2D eigenvalue weighted by molar-refractivity contribution is 5.40. The van der Waals surface area contributed by atoms with Crippen LogP contribution in [0.25, 0.3) is 0 Å². The van der Waals surface area contributed by atoms with Crippen LogP contribution in [0.4, 0.5) is 0 Å². The molecule has 0 bridgehead atoms. The van der Waals surface area contributed by atoms with Crippen molar-refractivity contribution >= 4 is 0 Å². The molecule has 0 fully saturated rings. The minimum atomic E-state index is 0.133. The summed E-state index contributed by atoms with van der Waals surface area (Å²) in [5, 5.41) is 3.52. The summed E-state index contributed by atoms with van der Waals surface area (Å²) >= 11 is 0. The number of benzene rings is 1. The second kappa shape index (κ2) is 5.92. The van der Waals surface area contributed by atoms with Crippen LogP contribution in [0.15, 0.2) is 18.2 Å². The first-order valence-electron chi connectivity index (χ1n) is 5.98. The molecule has 0 aliphatic carbocycles. The van der Waals surface area contributed by atoms with Gasteiger partial charge in [-0.2, -0.15) is 0 Å². The van der Waals surface area contributed by atoms with Gasteiger partial charge in [-0.25, -0.2) is 0 Å². The van der Waals surface area contributed by atoms with Crippen molar-refractivity contribution in [2.45, 2.75) is 39.3 Å². The lowest BCUT2D eigenvalue weighted by atomic mass is 10.0. The Bertz CT molecular complexity index is 361. The maximum atomic E-state index is 5.35. The molecule has 3 nitrogen and oxygen atoms in total. The second-order valence-corrected chi connectivity index (χ2v) is 4.77. The molecule has 0 radical (unpaired) electrons. The molecule has 0 aliphatic rings. The Morgan fingerprint density at radius 2 is 1.88 bits per heavy atom. The molecule has 0 aliphatic heterocycles. The van der Waals surface area contributed by atoms with E-state index in [1.165, 1.54) is 0 Å². The molecule has 0 saturated carbocycles. The van der Waals surface area contributed by atoms with E-state index in [-0.39, 0.29) is 5.54 Å². The van der Waals surface area contributed by atoms with Crippen molar-refractivity contribution in [1.29, 1.82) is 0 Å². The van der Waals surface area contributed by atoms with E-state index in [0.717, 1.165) is 30.0 Å². The summed E-state index contributed by atoms with van der Waals surface area (Å²) in [5.41, 5.74) is 1.25. The number of hydrogen-bond donors (Lipinski definition) is 1. The maximum absolute atomic E-state index is 5.35. The fourth-order valence-electron chi connectivity index (χ4n) is 1.48. The van der Waals surface area contributed by atoms with Gasteiger partial charge in [0, 0.05) is 17.6 Å². The molecule has 0 amide bonds. The minimum Gasteiger partial charge on any atom is -0.497 e. The van der Waals surface area contributed by atoms with Crippen LogP contribution in [0.5, 0.6) is 11.5 Å². The van der Waals surface area contributed by atoms with Crippen LogP contribution in [0.3, 0.4) is 0 Å². The van der Waals surface area contributed by atoms with Gasteiger partial charge >= 0.3 is 0 Å². The molecule has 0 spiro atoms. The average molecular weight is 237 g/mol. The first-order valence-corrected chi connectivity index (χ1v) is 5.98. The van der Waals surface area contributed by atoms with Crippen molar-refractivity contribution in [1.82, 2.24) is 5.32 Å². The summed E-state index contributed by atoms with van der Waals surface area (Å²) in [7, 11) is 3.37. The minimum absolute atomic E-state index is 0.133. The monoisotopic (exact) mass is 237 g/mol. The van der Waals surface area contributed by atoms with Crippen molar-refractivity contribution < 1.29 is 9.47 Å². The fourth-order valence-corrected chi connectivity index (χ4v) is 1.48. The second-order valence-electron chi connectivity index (χ2n) is 4.77. The highest BCUT2D eigenvalue weighted by atomic mass is 16.5. The van der Waals surface area contributed by atoms with Gasteiger partial charge < -0.3 is 14.8 Å². The van der Waals surface area contributed by atoms with Crippen LogP contribution in [0.1, 0.15) is 32.8 Å². The molecule has 3 heteroatoms. The summed E-state index contributed by atoms with van der Waals surface area (Å²) in [5.74, 6) is 1.75. The van der Waals surface area contributed by atoms with Gasteiger partial charge in [0.15, 0.2) is 0 Å². The van der Waals surface area contributed by atoms with E-state index in [2.05, 4.69) is 26.1 Å². The number of ether oxygens (including phenoxy) is 2. The zero-order chi connectivity index (χ0) is 12.9. The molecule has 0 aromatic heterocycles. The quantitative estimate of drug-likeness (QED) is 0.825. The Morgan fingerprint density at radius 3 is 2.41 bits per heavy atom. The van der Waals surface area contributed by atoms with Crippen molar-refractivity contribution in [2.24, 2.45) is 0 Å². The smallest absolute Gasteiger partial charge is 0.123 e. The van der Waals surface area contributed by atoms with Gasteiger partial charge in [0.25, 0.3) is 0 Å². The topological polar surface area (TPSA) is 30.5 Å². The third-order valence-corrected chi connectivity index (χ3v) is 3.13. The van der Waals surface area contributed by atoms with Crippen LogP contribution >= 0.6 is 0 Å². The van der Waals surface area contributed by atoms with Crippen LogP contribution in [0.2, 0.25) is 0 Å². The zero-order valence-corrected chi connectivity index (χ0v) is 11.5. The lowest BCUT2D eigenvalue weighted by molar-refractivity contribution is 0.361. The molecule has 1 rings (SSSR count). The van der Waals surface area contributed by atoms with Crippen molar-refractivity contribution in [2.75, 3.05) is 14.2 Å². The standard InChI is InChI=1S/C14H23NO2/c1-6-14(2,3)15-10-11-9-12(16-4)7-8-13(11)17-5/h7-9,15H,6,10H2,1-5H3. The van der Waals surface area contributed by atoms with Gasteiger partial charge in [-0.15, -0.1) is 0 Å². The van der Waals surface area contributed by atoms with Gasteiger partial charge in [0.05, 0.1) is 14.2 Å². The Labute approximate surface area is 104 Å². The highest BCUT2D eigenvalue weighted by Gasteiger charge is 2.15. The van der Waals surface area contributed by atoms with Gasteiger partial charge in [-0.05, 0) is 38.5 Å². The Hall–Kier alpha value is -1.22. The Morgan fingerprint density at radius 1 is 1.18 bits per heavy atom. The summed E-state index contributed by atoms with van der Waals surface area (Å²) in [4.78, 5) is 0. The Kier molecular flexibility index (Phi) is 4.82. The molecular weight excluding hydrogens is 214 g/mol. The molecule has 96 valence electrons. The van der Waals surface area contributed by atoms with Crippen molar-refractivity contribution in [3.63, 3.8) is 0 Å². The van der Waals surface area contributed by atoms with E-state index < -0.39 is 0 Å². The van der Waals surface area contributed by atoms with Crippen molar-refractivity contribution in [3.05, 3.63) is 23.8 Å². The third-order valence-electron chi connectivity index (χ3n) is 3.13. The SMILES string of the molecule is CCC(C)(C)NCc1cc(OC)ccc1OC. The van der Waals surface area contributed by atoms with E-state index >= 15 is 0 Å². The molecule has 1 N–H and O–H groups in total. The van der Waals surface area contributed by atoms with Crippen LogP contribution < -0.4 is 14.8 Å². The van der Waals surface area contributed by atoms with Crippen LogP contribution in [-0.4, -0.2) is 19.8 Å². The average Bonchev–Trinajstić information content (AvgIpc) is 2.36. The largest absolute Gasteiger partial charge is 0.497 e. The maximum Gasteiger partial charge on any atom is 0.123 e. The lowest BCUT2D eigenvalue weighted by Gasteiger charge is -2.25. The third kappa shape index (κ3) is 3.93. The summed E-state index contributed by atoms with van der Waals surface area (Å²) in [6.07, 6.45) is 1.08. The predicted molar refractivity (Wildman–Crippen MR) is 70.8 cm³/mol. The van der Waals surface area contributed by atoms with Gasteiger partial charge in [-0.3, -0.25) is 0 Å². The molecule has 0 atom stereocenters. The van der Waals surface area contributed by atoms with Gasteiger partial charge in [-0.1, -0.05) is 6.92 Å². The lowest BCUT2D eigenvalue weighted by Crippen LogP contribution is -2.37. The van der Waals surface area contributed by atoms with Crippen molar-refractivity contribution in [3.8, 4) is 11.5 Å². The fraction of sp³-hybridized carbons (Fsp3) is 0.571. The van der Waals surface area contributed by atoms with E-state index in [4.69, 9.17) is 9.47 Å². The Balaban J connectivity index is 2.81. The number of rotatable bonds is 6. The predicted octanol–water partition coefficient (Wildman–Crippen LogP) is 2.98. The molecular formula is C14H23NO2. The van der Waals surface area contributed by atoms with E-state index in [1.54, 1.807) is 14.2 Å². The first-order chi connectivity index (χ1) is 8.02. The zero-order valence-electron chi connectivity index (χ0n) is 11.5. The molecule has 0 heterocycles. The summed E-state index contributed by atoms with van der Waals surface area (Å²) in [6.45, 7) is 7.34. The van der Waals surface area contributed by atoms with E-state index in [1.807, 2.05) is 18.2 Å². The first kappa shape index (κ1) is 13.8. The van der Waals surface area contributed by atoms with Gasteiger partial charge in [0.1, 0.15) is 11.5 Å². The number of hydrogen-bond acceptors (Lipinski definition) is 3. The molecule has 17 heavy (non-hydrogen) atoms. The summed E-state index contributed by atoms with van der Waals surface area (Å²) < 4.78 is 10.6. The normalized spacial score (nSPS) is 11.4. The van der Waals surface area contributed by atoms with Gasteiger partial charge in [0.2, 0.25) is 0 Å². The molecule has 1 aromatic carbocycles. The van der Waals surface area contributed by atoms with Crippen LogP contribution in [0, 0.1) is 0 Å². The van der Waals surface area contributed by atoms with Crippen LogP contribution in [-0.2, 0) is 6.54 Å². The number of methoxy groups -OCH3 is 2. The summed E-state index contributed by atoms with van der Waals surface area (Å²) in [6, 6.07) is 5.86.